The van der Waals surface area contributed by atoms with Gasteiger partial charge in [0.15, 0.2) is 0 Å². The van der Waals surface area contributed by atoms with Gasteiger partial charge in [-0.25, -0.2) is 0 Å². The summed E-state index contributed by atoms with van der Waals surface area (Å²) in [7, 11) is 0. The number of nitrogens with two attached hydrogens (primary N) is 1. The van der Waals surface area contributed by atoms with E-state index in [0.717, 1.165) is 0 Å². The summed E-state index contributed by atoms with van der Waals surface area (Å²) in [5.41, 5.74) is 4.29. The van der Waals surface area contributed by atoms with Gasteiger partial charge in [0, 0.05) is 0 Å². The molecule has 0 bridgehead atoms. The second-order valence-corrected chi connectivity index (χ2v) is 0.721. The molecule has 0 aromatic carbocycles. The molecule has 4 heteroatoms. The predicted octanol–water partition coefficient (Wildman–Crippen LogP) is -3.38. The van der Waals surface area contributed by atoms with E-state index in [2.05, 4.69) is 18.4 Å². The Morgan fingerprint density at radius 1 is 1.80 bits per heavy atom. The molecule has 0 aliphatic rings. The van der Waals surface area contributed by atoms with Gasteiger partial charge in [-0.05, 0) is 0 Å². The number of hydrogen-bond acceptors (Lipinski definition) is 2. The zero-order valence-corrected chi connectivity index (χ0v) is 5.25. The Bertz CT molecular complexity index is 34.6. The van der Waals surface area contributed by atoms with E-state index in [1.165, 1.54) is 0 Å². The van der Waals surface area contributed by atoms with Crippen molar-refractivity contribution in [3.63, 3.8) is 0 Å². The van der Waals surface area contributed by atoms with Crippen LogP contribution in [0.25, 0.3) is 0 Å². The quantitative estimate of drug-likeness (QED) is 0.329. The van der Waals surface area contributed by atoms with Crippen LogP contribution in [-0.2, 0) is 12.6 Å². The van der Waals surface area contributed by atoms with Gasteiger partial charge < -0.3 is 47.1 Å². The first kappa shape index (κ1) is 9.05. The van der Waals surface area contributed by atoms with Crippen molar-refractivity contribution < 1.29 is 28.8 Å². The number of amides is 1. The number of carbonyl (C=O) groups excluding carboxylic acids is 1. The first-order chi connectivity index (χ1) is 1.73. The Morgan fingerprint density at radius 3 is 1.80 bits per heavy atom. The van der Waals surface area contributed by atoms with Gasteiger partial charge in [0.1, 0.15) is 0 Å². The smallest absolute Gasteiger partial charge is 0.0954 e. The molecule has 0 heterocycles. The van der Waals surface area contributed by atoms with E-state index in [1.807, 2.05) is 0 Å². The minimum Gasteiger partial charge on any atom is -1.00 e. The van der Waals surface area contributed by atoms with Gasteiger partial charge in [-0.15, -0.1) is 0 Å². The van der Waals surface area contributed by atoms with Crippen LogP contribution in [0.3, 0.4) is 0 Å². The topological polar surface area (TPSA) is 43.1 Å². The minimum absolute atomic E-state index is 0. The summed E-state index contributed by atoms with van der Waals surface area (Å²) in [6, 6.07) is 0. The standard InChI is InChI=1S/CH3NOS.HI/c2-1(3)4;/h(H3,2,3,4);1H/p-2. The summed E-state index contributed by atoms with van der Waals surface area (Å²) in [6.45, 7) is 0. The zero-order valence-electron chi connectivity index (χ0n) is 2.27. The average molecular weight is 203 g/mol. The van der Waals surface area contributed by atoms with Gasteiger partial charge in [0.25, 0.3) is 0 Å². The maximum atomic E-state index is 9.04. The Kier molecular flexibility index (Phi) is 8.00. The lowest BCUT2D eigenvalue weighted by molar-refractivity contribution is -0.00000376. The van der Waals surface area contributed by atoms with Crippen molar-refractivity contribution in [3.05, 3.63) is 0 Å². The summed E-state index contributed by atoms with van der Waals surface area (Å²) in [6.07, 6.45) is 0. The van der Waals surface area contributed by atoms with E-state index in [4.69, 9.17) is 4.79 Å². The van der Waals surface area contributed by atoms with Crippen molar-refractivity contribution in [2.75, 3.05) is 0 Å². The van der Waals surface area contributed by atoms with Gasteiger partial charge in [0.2, 0.25) is 0 Å². The maximum Gasteiger partial charge on any atom is 0.0954 e. The van der Waals surface area contributed by atoms with E-state index in [0.29, 0.717) is 0 Å². The molecule has 5 heavy (non-hydrogen) atoms. The molecule has 0 saturated carbocycles. The summed E-state index contributed by atoms with van der Waals surface area (Å²) in [4.78, 5) is 9.04. The highest BCUT2D eigenvalue weighted by molar-refractivity contribution is 7.76. The molecular weight excluding hydrogens is 201 g/mol. The van der Waals surface area contributed by atoms with Gasteiger partial charge in [-0.1, -0.05) is 0 Å². The lowest BCUT2D eigenvalue weighted by atomic mass is 11.5. The highest BCUT2D eigenvalue weighted by atomic mass is 127. The van der Waals surface area contributed by atoms with Crippen LogP contribution in [0.4, 0.5) is 4.79 Å². The molecule has 1 amide bonds. The number of carbonyl (C=O) groups is 1. The molecule has 0 aliphatic heterocycles. The largest absolute Gasteiger partial charge is 1.00 e. The van der Waals surface area contributed by atoms with E-state index in [-0.39, 0.29) is 24.0 Å². The van der Waals surface area contributed by atoms with Crippen molar-refractivity contribution in [2.45, 2.75) is 0 Å². The third kappa shape index (κ3) is 147. The van der Waals surface area contributed by atoms with Gasteiger partial charge in [-0.3, -0.25) is 0 Å². The summed E-state index contributed by atoms with van der Waals surface area (Å²) in [5, 5.41) is -0.750. The number of rotatable bonds is 0. The summed E-state index contributed by atoms with van der Waals surface area (Å²) < 4.78 is 0. The minimum atomic E-state index is -0.750. The van der Waals surface area contributed by atoms with Crippen LogP contribution in [0, 0.1) is 0 Å². The summed E-state index contributed by atoms with van der Waals surface area (Å²) in [5.74, 6) is 0. The van der Waals surface area contributed by atoms with Crippen molar-refractivity contribution in [1.82, 2.24) is 0 Å². The first-order valence-electron chi connectivity index (χ1n) is 0.697. The molecular formula is CH2INOS-2. The SMILES string of the molecule is NC(=O)[S-].[I-]. The average Bonchev–Trinajstić information content (AvgIpc) is 0.811. The maximum absolute atomic E-state index is 9.04. The van der Waals surface area contributed by atoms with Crippen LogP contribution in [0.15, 0.2) is 0 Å². The fourth-order valence-electron chi connectivity index (χ4n) is 0. The van der Waals surface area contributed by atoms with Crippen LogP contribution in [0.2, 0.25) is 0 Å². The lowest BCUT2D eigenvalue weighted by Crippen LogP contribution is -3.00. The molecule has 0 atom stereocenters. The fourth-order valence-corrected chi connectivity index (χ4v) is 0. The van der Waals surface area contributed by atoms with Crippen molar-refractivity contribution >= 4 is 17.9 Å². The highest BCUT2D eigenvalue weighted by Crippen LogP contribution is 1.40. The molecule has 0 aromatic rings. The molecule has 0 spiro atoms. The van der Waals surface area contributed by atoms with E-state index in [1.54, 1.807) is 0 Å². The molecule has 0 aliphatic carbocycles. The van der Waals surface area contributed by atoms with Crippen LogP contribution < -0.4 is 29.7 Å². The number of halogens is 1. The molecule has 2 N–H and O–H groups in total. The second kappa shape index (κ2) is 4.42. The highest BCUT2D eigenvalue weighted by Gasteiger charge is 1.41. The Balaban J connectivity index is 0. The van der Waals surface area contributed by atoms with E-state index >= 15 is 0 Å². The third-order valence-corrected chi connectivity index (χ3v) is 0. The fraction of sp³-hybridized carbons (Fsp3) is 0. The molecule has 0 aromatic heterocycles. The van der Waals surface area contributed by atoms with Crippen molar-refractivity contribution in [3.8, 4) is 0 Å². The third-order valence-electron chi connectivity index (χ3n) is 0. The van der Waals surface area contributed by atoms with Crippen LogP contribution in [0.5, 0.6) is 0 Å². The zero-order chi connectivity index (χ0) is 3.58. The predicted molar refractivity (Wildman–Crippen MR) is 16.9 cm³/mol. The molecule has 0 rings (SSSR count). The molecule has 2 nitrogen and oxygen atoms in total. The van der Waals surface area contributed by atoms with Crippen LogP contribution in [-0.4, -0.2) is 5.24 Å². The molecule has 32 valence electrons. The summed E-state index contributed by atoms with van der Waals surface area (Å²) >= 11 is 3.76. The van der Waals surface area contributed by atoms with Crippen LogP contribution in [0.1, 0.15) is 0 Å². The van der Waals surface area contributed by atoms with Gasteiger partial charge in [-0.2, -0.15) is 0 Å². The first-order valence-corrected chi connectivity index (χ1v) is 1.11. The van der Waals surface area contributed by atoms with E-state index < -0.39 is 5.24 Å². The monoisotopic (exact) mass is 203 g/mol. The Labute approximate surface area is 52.5 Å². The molecule has 0 fully saturated rings. The van der Waals surface area contributed by atoms with Crippen molar-refractivity contribution in [1.29, 1.82) is 0 Å². The number of primary amides is 1. The molecule has 0 saturated heterocycles. The van der Waals surface area contributed by atoms with Gasteiger partial charge in [0.05, 0.1) is 5.24 Å². The van der Waals surface area contributed by atoms with E-state index in [9.17, 15) is 0 Å². The number of hydrogen-bond donors (Lipinski definition) is 1. The lowest BCUT2D eigenvalue weighted by Gasteiger charge is -1.83. The van der Waals surface area contributed by atoms with Gasteiger partial charge >= 0.3 is 0 Å². The normalized spacial score (nSPS) is 4.80. The Morgan fingerprint density at radius 2 is 1.80 bits per heavy atom. The Hall–Kier alpha value is 0.420. The van der Waals surface area contributed by atoms with Crippen LogP contribution >= 0.6 is 0 Å². The second-order valence-electron chi connectivity index (χ2n) is 0.319. The molecule has 0 radical (unpaired) electrons. The van der Waals surface area contributed by atoms with Crippen molar-refractivity contribution in [2.24, 2.45) is 5.73 Å². The molecule has 0 unspecified atom stereocenters.